The third kappa shape index (κ3) is 12.6. The molecule has 1 saturated carbocycles. The summed E-state index contributed by atoms with van der Waals surface area (Å²) in [5.74, 6) is -0.421. The molecule has 1 heterocycles. The van der Waals surface area contributed by atoms with Crippen molar-refractivity contribution in [1.29, 1.82) is 0 Å². The molecule has 4 aromatic carbocycles. The van der Waals surface area contributed by atoms with Gasteiger partial charge in [-0.25, -0.2) is 0 Å². The van der Waals surface area contributed by atoms with Gasteiger partial charge in [-0.3, -0.25) is 4.79 Å². The van der Waals surface area contributed by atoms with Gasteiger partial charge in [0.2, 0.25) is 0 Å². The van der Waals surface area contributed by atoms with Crippen molar-refractivity contribution < 1.29 is 33.6 Å². The van der Waals surface area contributed by atoms with Crippen LogP contribution < -0.4 is 0 Å². The quantitative estimate of drug-likeness (QED) is 0.123. The van der Waals surface area contributed by atoms with Crippen molar-refractivity contribution in [2.24, 2.45) is 11.8 Å². The number of hydrogen-bond acceptors (Lipinski definition) is 6. The summed E-state index contributed by atoms with van der Waals surface area (Å²) in [7, 11) is 0. The van der Waals surface area contributed by atoms with Gasteiger partial charge < -0.3 is 28.8 Å². The Morgan fingerprint density at radius 2 is 1.00 bits per heavy atom. The van der Waals surface area contributed by atoms with E-state index in [9.17, 15) is 9.90 Å². The van der Waals surface area contributed by atoms with E-state index in [4.69, 9.17) is 23.7 Å². The maximum Gasteiger partial charge on any atom is 0.303 e. The van der Waals surface area contributed by atoms with Gasteiger partial charge in [0.1, 0.15) is 24.4 Å². The molecule has 1 aliphatic carbocycles. The monoisotopic (exact) mass is 734 g/mol. The van der Waals surface area contributed by atoms with E-state index in [1.165, 1.54) is 6.42 Å². The molecular formula is C47H58O7. The molecule has 1 aliphatic heterocycles. The third-order valence-corrected chi connectivity index (χ3v) is 11.0. The normalized spacial score (nSPS) is 25.4. The second-order valence-electron chi connectivity index (χ2n) is 15.1. The zero-order valence-corrected chi connectivity index (χ0v) is 31.6. The van der Waals surface area contributed by atoms with Crippen molar-refractivity contribution in [3.8, 4) is 0 Å². The molecule has 7 atom stereocenters. The smallest absolute Gasteiger partial charge is 0.303 e. The van der Waals surface area contributed by atoms with Gasteiger partial charge >= 0.3 is 5.97 Å². The van der Waals surface area contributed by atoms with Crippen LogP contribution in [0.5, 0.6) is 0 Å². The Labute approximate surface area is 322 Å². The summed E-state index contributed by atoms with van der Waals surface area (Å²) in [6, 6.07) is 41.0. The summed E-state index contributed by atoms with van der Waals surface area (Å²) in [5, 5.41) is 9.80. The van der Waals surface area contributed by atoms with Crippen LogP contribution in [0, 0.1) is 11.8 Å². The molecule has 0 amide bonds. The van der Waals surface area contributed by atoms with Crippen molar-refractivity contribution in [3.05, 3.63) is 144 Å². The fourth-order valence-electron chi connectivity index (χ4n) is 8.09. The molecule has 1 N–H and O–H groups in total. The SMILES string of the molecule is O=C(O)CC1CCCCCCCC(C2OC(COCc3ccccc3)C(OCc3ccccc3)C(OCc3ccccc3)C2OCc2ccccc2)CC1. The molecule has 2 aliphatic rings. The number of carbonyl (C=O) groups is 1. The van der Waals surface area contributed by atoms with Crippen LogP contribution in [0.25, 0.3) is 0 Å². The van der Waals surface area contributed by atoms with Crippen LogP contribution in [-0.4, -0.2) is 48.2 Å². The fraction of sp³-hybridized carbons (Fsp3) is 0.468. The lowest BCUT2D eigenvalue weighted by Crippen LogP contribution is -2.62. The Hall–Kier alpha value is -3.85. The number of rotatable bonds is 16. The van der Waals surface area contributed by atoms with E-state index < -0.39 is 30.4 Å². The van der Waals surface area contributed by atoms with Gasteiger partial charge in [0.25, 0.3) is 0 Å². The van der Waals surface area contributed by atoms with Gasteiger partial charge in [-0.05, 0) is 59.8 Å². The molecule has 0 bridgehead atoms. The van der Waals surface area contributed by atoms with Crippen molar-refractivity contribution in [3.63, 3.8) is 0 Å². The Balaban J connectivity index is 1.34. The molecule has 0 radical (unpaired) electrons. The van der Waals surface area contributed by atoms with Crippen LogP contribution in [-0.2, 0) is 54.9 Å². The average molecular weight is 735 g/mol. The number of carboxylic acids is 1. The van der Waals surface area contributed by atoms with Gasteiger partial charge in [0.15, 0.2) is 0 Å². The van der Waals surface area contributed by atoms with Gasteiger partial charge in [-0.1, -0.05) is 153 Å². The second kappa shape index (κ2) is 21.9. The predicted molar refractivity (Wildman–Crippen MR) is 211 cm³/mol. The Morgan fingerprint density at radius 1 is 0.537 bits per heavy atom. The zero-order chi connectivity index (χ0) is 37.2. The van der Waals surface area contributed by atoms with E-state index in [0.717, 1.165) is 73.6 Å². The largest absolute Gasteiger partial charge is 0.481 e. The van der Waals surface area contributed by atoms with Crippen LogP contribution in [0.4, 0.5) is 0 Å². The van der Waals surface area contributed by atoms with E-state index in [1.54, 1.807) is 0 Å². The Kier molecular flexibility index (Phi) is 16.1. The maximum absolute atomic E-state index is 11.9. The third-order valence-electron chi connectivity index (χ3n) is 11.0. The molecule has 7 heteroatoms. The van der Waals surface area contributed by atoms with Crippen molar-refractivity contribution in [1.82, 2.24) is 0 Å². The van der Waals surface area contributed by atoms with E-state index in [-0.39, 0.29) is 24.4 Å². The maximum atomic E-state index is 11.9. The minimum atomic E-state index is -0.715. The summed E-state index contributed by atoms with van der Waals surface area (Å²) < 4.78 is 34.7. The van der Waals surface area contributed by atoms with E-state index >= 15 is 0 Å². The molecular weight excluding hydrogens is 677 g/mol. The van der Waals surface area contributed by atoms with E-state index in [2.05, 4.69) is 48.5 Å². The lowest BCUT2D eigenvalue weighted by atomic mass is 9.80. The molecule has 0 aromatic heterocycles. The van der Waals surface area contributed by atoms with Crippen molar-refractivity contribution in [2.45, 2.75) is 121 Å². The first-order valence-electron chi connectivity index (χ1n) is 20.1. The molecule has 288 valence electrons. The van der Waals surface area contributed by atoms with Crippen LogP contribution >= 0.6 is 0 Å². The standard InChI is InChI=1S/C47H58O7/c48-43(49)30-36-18-8-2-1-3-17-27-41(29-28-36)44-46(52-33-39-23-13-6-14-24-39)47(53-34-40-25-15-7-16-26-40)45(51-32-38-21-11-5-12-22-38)42(54-44)35-50-31-37-19-9-4-10-20-37/h4-7,9-16,19-26,36,41-42,44-47H,1-3,8,17-18,27-35H2,(H,48,49). The van der Waals surface area contributed by atoms with Crippen LogP contribution in [0.1, 0.15) is 86.5 Å². The number of hydrogen-bond donors (Lipinski definition) is 1. The Morgan fingerprint density at radius 3 is 1.54 bits per heavy atom. The molecule has 1 saturated heterocycles. The number of ether oxygens (including phenoxy) is 5. The number of aliphatic carboxylic acids is 1. The summed E-state index contributed by atoms with van der Waals surface area (Å²) in [4.78, 5) is 11.9. The van der Waals surface area contributed by atoms with Crippen LogP contribution in [0.15, 0.2) is 121 Å². The number of carboxylic acid groups (broad SMARTS) is 1. The Bertz CT molecular complexity index is 1600. The first-order valence-corrected chi connectivity index (χ1v) is 20.1. The molecule has 6 rings (SSSR count). The average Bonchev–Trinajstić information content (AvgIpc) is 3.25. The summed E-state index contributed by atoms with van der Waals surface area (Å²) >= 11 is 0. The first kappa shape index (κ1) is 39.8. The molecule has 7 nitrogen and oxygen atoms in total. The van der Waals surface area contributed by atoms with E-state index in [1.807, 2.05) is 72.8 Å². The topological polar surface area (TPSA) is 83.5 Å². The van der Waals surface area contributed by atoms with Crippen molar-refractivity contribution >= 4 is 5.97 Å². The van der Waals surface area contributed by atoms with Crippen molar-refractivity contribution in [2.75, 3.05) is 6.61 Å². The van der Waals surface area contributed by atoms with E-state index in [0.29, 0.717) is 33.0 Å². The van der Waals surface area contributed by atoms with Crippen LogP contribution in [0.2, 0.25) is 0 Å². The molecule has 54 heavy (non-hydrogen) atoms. The summed E-state index contributed by atoms with van der Waals surface area (Å²) in [5.41, 5.74) is 4.32. The lowest BCUT2D eigenvalue weighted by Gasteiger charge is -2.48. The number of benzene rings is 4. The minimum absolute atomic E-state index is 0.146. The highest BCUT2D eigenvalue weighted by atomic mass is 16.6. The van der Waals surface area contributed by atoms with Gasteiger partial charge in [0, 0.05) is 6.42 Å². The zero-order valence-electron chi connectivity index (χ0n) is 31.6. The highest BCUT2D eigenvalue weighted by Crippen LogP contribution is 2.38. The molecule has 4 aromatic rings. The summed E-state index contributed by atoms with van der Waals surface area (Å²) in [6.07, 6.45) is 7.40. The van der Waals surface area contributed by atoms with Gasteiger partial charge in [-0.2, -0.15) is 0 Å². The van der Waals surface area contributed by atoms with Gasteiger partial charge in [0.05, 0.1) is 39.1 Å². The first-order chi connectivity index (χ1) is 26.6. The fourth-order valence-corrected chi connectivity index (χ4v) is 8.09. The molecule has 7 unspecified atom stereocenters. The lowest BCUT2D eigenvalue weighted by molar-refractivity contribution is -0.282. The minimum Gasteiger partial charge on any atom is -0.481 e. The van der Waals surface area contributed by atoms with Crippen LogP contribution in [0.3, 0.4) is 0 Å². The highest BCUT2D eigenvalue weighted by Gasteiger charge is 2.50. The molecule has 0 spiro atoms. The second-order valence-corrected chi connectivity index (χ2v) is 15.1. The molecule has 2 fully saturated rings. The predicted octanol–water partition coefficient (Wildman–Crippen LogP) is 9.96. The highest BCUT2D eigenvalue weighted by molar-refractivity contribution is 5.67. The summed E-state index contributed by atoms with van der Waals surface area (Å²) in [6.45, 7) is 1.99. The van der Waals surface area contributed by atoms with Gasteiger partial charge in [-0.15, -0.1) is 0 Å².